The number of aliphatic imine (C=N–C) groups is 1. The van der Waals surface area contributed by atoms with Gasteiger partial charge in [0.1, 0.15) is 29.6 Å². The van der Waals surface area contributed by atoms with Gasteiger partial charge in [-0.05, 0) is 57.2 Å². The molecule has 4 aromatic rings. The van der Waals surface area contributed by atoms with E-state index in [0.717, 1.165) is 18.1 Å². The predicted octanol–water partition coefficient (Wildman–Crippen LogP) is 6.16. The van der Waals surface area contributed by atoms with Crippen LogP contribution in [0.25, 0.3) is 0 Å². The van der Waals surface area contributed by atoms with Crippen molar-refractivity contribution in [3.63, 3.8) is 0 Å². The van der Waals surface area contributed by atoms with E-state index in [9.17, 15) is 13.6 Å². The van der Waals surface area contributed by atoms with Crippen molar-refractivity contribution in [1.29, 1.82) is 5.41 Å². The summed E-state index contributed by atoms with van der Waals surface area (Å²) in [5.74, 6) is -3.32. The number of amidine groups is 1. The molecule has 4 rings (SSSR count). The first-order valence-corrected chi connectivity index (χ1v) is 13.2. The number of rotatable bonds is 10. The molecule has 4 N–H and O–H groups in total. The van der Waals surface area contributed by atoms with Gasteiger partial charge in [-0.1, -0.05) is 24.3 Å². The minimum atomic E-state index is -1.29. The third-order valence-corrected chi connectivity index (χ3v) is 6.42. The molecule has 3 aromatic carbocycles. The van der Waals surface area contributed by atoms with Crippen LogP contribution in [0.2, 0.25) is 0 Å². The summed E-state index contributed by atoms with van der Waals surface area (Å²) in [5.41, 5.74) is 5.81. The standard InChI is InChI=1S/C31H30F3N7O2/c1-17(2)43-24-14-13-20(26(33)27(24)34)28(35)25-29(36)37-16-38-30(25)39-18(3)31(41(4)19-9-6-5-7-10-19)40-23-12-8-11-22(32)21(23)15-42/h5-18,35H,1-4H3,(H3,36,37,38,39). The second-order valence-electron chi connectivity index (χ2n) is 9.78. The number of aromatic nitrogens is 2. The van der Waals surface area contributed by atoms with Crippen LogP contribution in [0.4, 0.5) is 36.2 Å². The maximum absolute atomic E-state index is 15.2. The number of aldehydes is 1. The highest BCUT2D eigenvalue weighted by molar-refractivity contribution is 6.16. The number of ether oxygens (including phenoxy) is 1. The molecular weight excluding hydrogens is 559 g/mol. The van der Waals surface area contributed by atoms with Crippen LogP contribution in [0.3, 0.4) is 0 Å². The number of nitrogens with two attached hydrogens (primary N) is 1. The Morgan fingerprint density at radius 1 is 1.02 bits per heavy atom. The summed E-state index contributed by atoms with van der Waals surface area (Å²) in [5, 5.41) is 11.9. The van der Waals surface area contributed by atoms with Gasteiger partial charge < -0.3 is 20.7 Å². The molecule has 0 spiro atoms. The van der Waals surface area contributed by atoms with E-state index < -0.39 is 35.3 Å². The highest BCUT2D eigenvalue weighted by atomic mass is 19.2. The van der Waals surface area contributed by atoms with Gasteiger partial charge in [-0.15, -0.1) is 0 Å². The van der Waals surface area contributed by atoms with Crippen molar-refractivity contribution in [2.75, 3.05) is 23.0 Å². The van der Waals surface area contributed by atoms with Crippen molar-refractivity contribution in [3.8, 4) is 5.75 Å². The summed E-state index contributed by atoms with van der Waals surface area (Å²) in [6.45, 7) is 5.08. The molecule has 1 unspecified atom stereocenters. The topological polar surface area (TPSA) is 130 Å². The summed E-state index contributed by atoms with van der Waals surface area (Å²) in [6, 6.07) is 15.0. The zero-order valence-corrected chi connectivity index (χ0v) is 23.9. The summed E-state index contributed by atoms with van der Waals surface area (Å²) >= 11 is 0. The quantitative estimate of drug-likeness (QED) is 0.115. The molecule has 0 aliphatic heterocycles. The predicted molar refractivity (Wildman–Crippen MR) is 161 cm³/mol. The second-order valence-corrected chi connectivity index (χ2v) is 9.78. The summed E-state index contributed by atoms with van der Waals surface area (Å²) in [6.07, 6.45) is 1.16. The molecule has 12 heteroatoms. The molecule has 43 heavy (non-hydrogen) atoms. The van der Waals surface area contributed by atoms with Gasteiger partial charge in [-0.2, -0.15) is 4.39 Å². The summed E-state index contributed by atoms with van der Waals surface area (Å²) < 4.78 is 49.7. The Bertz CT molecular complexity index is 1680. The first kappa shape index (κ1) is 30.7. The first-order valence-electron chi connectivity index (χ1n) is 13.2. The molecule has 9 nitrogen and oxygen atoms in total. The molecule has 0 aliphatic carbocycles. The second kappa shape index (κ2) is 13.1. The van der Waals surface area contributed by atoms with Crippen molar-refractivity contribution in [2.45, 2.75) is 32.9 Å². The third-order valence-electron chi connectivity index (χ3n) is 6.42. The fourth-order valence-electron chi connectivity index (χ4n) is 4.34. The monoisotopic (exact) mass is 589 g/mol. The molecule has 1 atom stereocenters. The van der Waals surface area contributed by atoms with Gasteiger partial charge >= 0.3 is 0 Å². The number of nitrogens with one attached hydrogen (secondary N) is 2. The molecule has 1 heterocycles. The van der Waals surface area contributed by atoms with Gasteiger partial charge in [0.2, 0.25) is 5.82 Å². The zero-order chi connectivity index (χ0) is 31.3. The van der Waals surface area contributed by atoms with Crippen LogP contribution < -0.4 is 20.7 Å². The molecule has 0 aliphatic rings. The average Bonchev–Trinajstić information content (AvgIpc) is 2.98. The lowest BCUT2D eigenvalue weighted by Crippen LogP contribution is -2.40. The van der Waals surface area contributed by atoms with E-state index in [1.165, 1.54) is 24.3 Å². The largest absolute Gasteiger partial charge is 0.488 e. The van der Waals surface area contributed by atoms with Crippen molar-refractivity contribution < 1.29 is 22.7 Å². The van der Waals surface area contributed by atoms with E-state index >= 15 is 4.39 Å². The molecule has 0 amide bonds. The summed E-state index contributed by atoms with van der Waals surface area (Å²) in [7, 11) is 1.74. The average molecular weight is 590 g/mol. The highest BCUT2D eigenvalue weighted by Crippen LogP contribution is 2.29. The molecule has 222 valence electrons. The van der Waals surface area contributed by atoms with Gasteiger partial charge in [-0.25, -0.2) is 23.7 Å². The Morgan fingerprint density at radius 3 is 2.42 bits per heavy atom. The number of hydrogen-bond donors (Lipinski definition) is 3. The van der Waals surface area contributed by atoms with Crippen molar-refractivity contribution in [1.82, 2.24) is 9.97 Å². The minimum absolute atomic E-state index is 0.0383. The van der Waals surface area contributed by atoms with E-state index in [1.54, 1.807) is 32.7 Å². The van der Waals surface area contributed by atoms with Gasteiger partial charge in [0.05, 0.1) is 34.7 Å². The Kier molecular flexibility index (Phi) is 9.39. The lowest BCUT2D eigenvalue weighted by molar-refractivity contribution is 0.112. The number of nitrogen functional groups attached to an aromatic ring is 1. The number of hydrogen-bond acceptors (Lipinski definition) is 8. The van der Waals surface area contributed by atoms with E-state index in [-0.39, 0.29) is 39.8 Å². The Morgan fingerprint density at radius 2 is 1.74 bits per heavy atom. The number of benzene rings is 3. The third kappa shape index (κ3) is 6.64. The van der Waals surface area contributed by atoms with Crippen molar-refractivity contribution in [2.24, 2.45) is 4.99 Å². The number of carbonyl (C=O) groups excluding carboxylic acids is 1. The number of halogens is 3. The Balaban J connectivity index is 1.77. The number of carbonyl (C=O) groups is 1. The van der Waals surface area contributed by atoms with Crippen LogP contribution in [-0.2, 0) is 0 Å². The SMILES string of the molecule is CC(C)Oc1ccc(C(=N)c2c(N)ncnc2NC(C)C(=Nc2cccc(F)c2C=O)N(C)c2ccccc2)c(F)c1F. The van der Waals surface area contributed by atoms with Gasteiger partial charge in [-0.3, -0.25) is 10.2 Å². The van der Waals surface area contributed by atoms with Crippen LogP contribution in [-0.4, -0.2) is 47.0 Å². The van der Waals surface area contributed by atoms with E-state index in [2.05, 4.69) is 20.3 Å². The van der Waals surface area contributed by atoms with Crippen LogP contribution in [0, 0.1) is 22.9 Å². The lowest BCUT2D eigenvalue weighted by atomic mass is 10.0. The Labute approximate surface area is 246 Å². The molecule has 0 fully saturated rings. The number of nitrogens with zero attached hydrogens (tertiary/aromatic N) is 4. The fraction of sp³-hybridized carbons (Fsp3) is 0.194. The maximum Gasteiger partial charge on any atom is 0.201 e. The van der Waals surface area contributed by atoms with E-state index in [1.807, 2.05) is 30.3 Å². The zero-order valence-electron chi connectivity index (χ0n) is 23.9. The fourth-order valence-corrected chi connectivity index (χ4v) is 4.34. The maximum atomic E-state index is 15.2. The summed E-state index contributed by atoms with van der Waals surface area (Å²) in [4.78, 5) is 26.2. The van der Waals surface area contributed by atoms with E-state index in [4.69, 9.17) is 15.9 Å². The number of para-hydroxylation sites is 1. The normalized spacial score (nSPS) is 12.1. The molecule has 1 aromatic heterocycles. The molecule has 0 bridgehead atoms. The van der Waals surface area contributed by atoms with Crippen LogP contribution in [0.5, 0.6) is 5.75 Å². The number of anilines is 3. The molecule has 0 saturated heterocycles. The van der Waals surface area contributed by atoms with Gasteiger partial charge in [0, 0.05) is 18.3 Å². The molecule has 0 radical (unpaired) electrons. The number of likely N-dealkylation sites (N-methyl/N-ethyl adjacent to an activating group) is 1. The van der Waals surface area contributed by atoms with Crippen LogP contribution in [0.15, 0.2) is 72.0 Å². The van der Waals surface area contributed by atoms with Gasteiger partial charge in [0.15, 0.2) is 17.9 Å². The lowest BCUT2D eigenvalue weighted by Gasteiger charge is -2.28. The first-order chi connectivity index (χ1) is 20.5. The molecule has 0 saturated carbocycles. The van der Waals surface area contributed by atoms with Gasteiger partial charge in [0.25, 0.3) is 0 Å². The van der Waals surface area contributed by atoms with Crippen molar-refractivity contribution in [3.05, 3.63) is 101 Å². The smallest absolute Gasteiger partial charge is 0.201 e. The highest BCUT2D eigenvalue weighted by Gasteiger charge is 2.26. The van der Waals surface area contributed by atoms with Crippen molar-refractivity contribution >= 4 is 40.8 Å². The van der Waals surface area contributed by atoms with Crippen LogP contribution in [0.1, 0.15) is 42.3 Å². The Hall–Kier alpha value is -5.26. The molecular formula is C31H30F3N7O2. The van der Waals surface area contributed by atoms with E-state index in [0.29, 0.717) is 12.1 Å². The minimum Gasteiger partial charge on any atom is -0.488 e. The van der Waals surface area contributed by atoms with Crippen LogP contribution >= 0.6 is 0 Å².